The smallest absolute Gasteiger partial charge is 0.178 e. The van der Waals surface area contributed by atoms with Gasteiger partial charge >= 0.3 is 0 Å². The van der Waals surface area contributed by atoms with Gasteiger partial charge < -0.3 is 5.21 Å². The molecule has 9 heavy (non-hydrogen) atoms. The Morgan fingerprint density at radius 1 is 1.78 bits per heavy atom. The standard InChI is InChI=1S/C5H8ClNO2/c1-3(6)5(7-9)4(2)8/h3,9H,1-2H3/b7-5-. The largest absolute Gasteiger partial charge is 0.410 e. The maximum Gasteiger partial charge on any atom is 0.178 e. The van der Waals surface area contributed by atoms with Crippen molar-refractivity contribution < 1.29 is 10.0 Å². The molecule has 0 aliphatic carbocycles. The number of nitrogens with zero attached hydrogens (tertiary/aromatic N) is 1. The average molecular weight is 150 g/mol. The molecule has 0 spiro atoms. The first kappa shape index (κ1) is 8.43. The number of halogens is 1. The van der Waals surface area contributed by atoms with Gasteiger partial charge in [0.2, 0.25) is 0 Å². The second-order valence-corrected chi connectivity index (χ2v) is 2.31. The first-order chi connectivity index (χ1) is 4.09. The van der Waals surface area contributed by atoms with Crippen LogP contribution in [0, 0.1) is 0 Å². The number of ketones is 1. The zero-order chi connectivity index (χ0) is 7.44. The number of rotatable bonds is 2. The highest BCUT2D eigenvalue weighted by Crippen LogP contribution is 1.97. The maximum absolute atomic E-state index is 10.4. The minimum Gasteiger partial charge on any atom is -0.410 e. The van der Waals surface area contributed by atoms with Crippen LogP contribution >= 0.6 is 11.6 Å². The molecule has 0 amide bonds. The van der Waals surface area contributed by atoms with Gasteiger partial charge in [-0.15, -0.1) is 11.6 Å². The molecule has 0 saturated heterocycles. The summed E-state index contributed by atoms with van der Waals surface area (Å²) in [5.41, 5.74) is -0.00309. The molecule has 52 valence electrons. The Kier molecular flexibility index (Phi) is 3.24. The van der Waals surface area contributed by atoms with E-state index in [4.69, 9.17) is 16.8 Å². The van der Waals surface area contributed by atoms with E-state index in [2.05, 4.69) is 5.16 Å². The molecule has 0 aliphatic heterocycles. The Bertz CT molecular complexity index is 142. The zero-order valence-electron chi connectivity index (χ0n) is 5.26. The minimum atomic E-state index is -0.521. The van der Waals surface area contributed by atoms with E-state index >= 15 is 0 Å². The van der Waals surface area contributed by atoms with Gasteiger partial charge in [-0.05, 0) is 6.92 Å². The summed E-state index contributed by atoms with van der Waals surface area (Å²) in [6.07, 6.45) is 0. The first-order valence-corrected chi connectivity index (χ1v) is 2.90. The molecule has 0 aromatic carbocycles. The van der Waals surface area contributed by atoms with Gasteiger partial charge in [-0.1, -0.05) is 5.16 Å². The lowest BCUT2D eigenvalue weighted by molar-refractivity contribution is -0.111. The van der Waals surface area contributed by atoms with Gasteiger partial charge in [-0.2, -0.15) is 0 Å². The Morgan fingerprint density at radius 2 is 2.22 bits per heavy atom. The molecule has 0 saturated carbocycles. The summed E-state index contributed by atoms with van der Waals surface area (Å²) in [4.78, 5) is 10.4. The summed E-state index contributed by atoms with van der Waals surface area (Å²) in [7, 11) is 0. The zero-order valence-corrected chi connectivity index (χ0v) is 6.01. The van der Waals surface area contributed by atoms with E-state index in [1.165, 1.54) is 6.92 Å². The van der Waals surface area contributed by atoms with Crippen LogP contribution in [0.1, 0.15) is 13.8 Å². The highest BCUT2D eigenvalue weighted by molar-refractivity contribution is 6.50. The molecule has 0 bridgehead atoms. The third-order valence-corrected chi connectivity index (χ3v) is 1.05. The van der Waals surface area contributed by atoms with Crippen LogP contribution in [-0.2, 0) is 4.79 Å². The number of hydrogen-bond donors (Lipinski definition) is 1. The number of carbonyl (C=O) groups excluding carboxylic acids is 1. The number of alkyl halides is 1. The highest BCUT2D eigenvalue weighted by Gasteiger charge is 2.11. The van der Waals surface area contributed by atoms with E-state index in [1.807, 2.05) is 0 Å². The van der Waals surface area contributed by atoms with Crippen molar-refractivity contribution in [3.05, 3.63) is 0 Å². The molecule has 0 aliphatic rings. The molecule has 1 unspecified atom stereocenters. The molecular weight excluding hydrogens is 142 g/mol. The molecule has 3 nitrogen and oxygen atoms in total. The van der Waals surface area contributed by atoms with Gasteiger partial charge in [0.1, 0.15) is 5.71 Å². The molecule has 0 heterocycles. The number of hydrogen-bond acceptors (Lipinski definition) is 3. The first-order valence-electron chi connectivity index (χ1n) is 2.46. The van der Waals surface area contributed by atoms with Crippen LogP contribution in [0.3, 0.4) is 0 Å². The van der Waals surface area contributed by atoms with Crippen LogP contribution in [0.25, 0.3) is 0 Å². The summed E-state index contributed by atoms with van der Waals surface area (Å²) in [5.74, 6) is -0.306. The lowest BCUT2D eigenvalue weighted by Crippen LogP contribution is -2.19. The summed E-state index contributed by atoms with van der Waals surface area (Å²) in [6, 6.07) is 0. The lowest BCUT2D eigenvalue weighted by atomic mass is 10.2. The maximum atomic E-state index is 10.4. The fourth-order valence-corrected chi connectivity index (χ4v) is 0.627. The minimum absolute atomic E-state index is 0.00309. The molecule has 1 atom stereocenters. The Morgan fingerprint density at radius 3 is 2.22 bits per heavy atom. The van der Waals surface area contributed by atoms with Gasteiger partial charge in [0.15, 0.2) is 5.78 Å². The van der Waals surface area contributed by atoms with Gasteiger partial charge in [-0.3, -0.25) is 4.79 Å². The second kappa shape index (κ2) is 3.45. The second-order valence-electron chi connectivity index (χ2n) is 1.66. The van der Waals surface area contributed by atoms with E-state index in [9.17, 15) is 4.79 Å². The van der Waals surface area contributed by atoms with Crippen molar-refractivity contribution in [2.45, 2.75) is 19.2 Å². The van der Waals surface area contributed by atoms with Crippen molar-refractivity contribution in [2.75, 3.05) is 0 Å². The Labute approximate surface area is 58.3 Å². The lowest BCUT2D eigenvalue weighted by Gasteiger charge is -1.98. The number of Topliss-reactive ketones (excluding diaryl/α,β-unsaturated/α-hetero) is 1. The summed E-state index contributed by atoms with van der Waals surface area (Å²) >= 11 is 5.43. The molecule has 0 aromatic rings. The molecule has 1 N–H and O–H groups in total. The van der Waals surface area contributed by atoms with E-state index in [0.717, 1.165) is 0 Å². The molecule has 0 rings (SSSR count). The van der Waals surface area contributed by atoms with Crippen molar-refractivity contribution >= 4 is 23.1 Å². The van der Waals surface area contributed by atoms with Crippen LogP contribution < -0.4 is 0 Å². The predicted octanol–water partition coefficient (Wildman–Crippen LogP) is 1.03. The fraction of sp³-hybridized carbons (Fsp3) is 0.600. The fourth-order valence-electron chi connectivity index (χ4n) is 0.430. The normalized spacial score (nSPS) is 15.2. The van der Waals surface area contributed by atoms with Crippen LogP contribution in [-0.4, -0.2) is 22.1 Å². The van der Waals surface area contributed by atoms with Crippen LogP contribution in [0.4, 0.5) is 0 Å². The predicted molar refractivity (Wildman–Crippen MR) is 35.2 cm³/mol. The summed E-state index contributed by atoms with van der Waals surface area (Å²) in [5, 5.41) is 10.4. The van der Waals surface area contributed by atoms with Crippen LogP contribution in [0.15, 0.2) is 5.16 Å². The highest BCUT2D eigenvalue weighted by atomic mass is 35.5. The molecule has 0 aromatic heterocycles. The van der Waals surface area contributed by atoms with Crippen molar-refractivity contribution in [2.24, 2.45) is 5.16 Å². The van der Waals surface area contributed by atoms with Gasteiger partial charge in [0, 0.05) is 6.92 Å². The van der Waals surface area contributed by atoms with Crippen molar-refractivity contribution in [1.29, 1.82) is 0 Å². The van der Waals surface area contributed by atoms with Gasteiger partial charge in [0.25, 0.3) is 0 Å². The van der Waals surface area contributed by atoms with Gasteiger partial charge in [0.05, 0.1) is 5.38 Å². The van der Waals surface area contributed by atoms with Crippen LogP contribution in [0.5, 0.6) is 0 Å². The molecule has 0 radical (unpaired) electrons. The van der Waals surface area contributed by atoms with E-state index in [-0.39, 0.29) is 11.5 Å². The van der Waals surface area contributed by atoms with Crippen molar-refractivity contribution in [1.82, 2.24) is 0 Å². The number of carbonyl (C=O) groups is 1. The molecular formula is C5H8ClNO2. The van der Waals surface area contributed by atoms with E-state index in [0.29, 0.717) is 0 Å². The van der Waals surface area contributed by atoms with Crippen LogP contribution in [0.2, 0.25) is 0 Å². The SMILES string of the molecule is CC(=O)/C(=N\O)C(C)Cl. The van der Waals surface area contributed by atoms with E-state index < -0.39 is 5.38 Å². The summed E-state index contributed by atoms with van der Waals surface area (Å²) in [6.45, 7) is 2.87. The monoisotopic (exact) mass is 149 g/mol. The third-order valence-electron chi connectivity index (χ3n) is 0.845. The Balaban J connectivity index is 4.19. The average Bonchev–Trinajstić information content (AvgIpc) is 1.64. The van der Waals surface area contributed by atoms with E-state index in [1.54, 1.807) is 6.92 Å². The third kappa shape index (κ3) is 2.46. The molecule has 4 heteroatoms. The number of oxime groups is 1. The Hall–Kier alpha value is -0.570. The van der Waals surface area contributed by atoms with Gasteiger partial charge in [-0.25, -0.2) is 0 Å². The van der Waals surface area contributed by atoms with Crippen molar-refractivity contribution in [3.63, 3.8) is 0 Å². The summed E-state index contributed by atoms with van der Waals surface area (Å²) < 4.78 is 0. The molecule has 0 fully saturated rings. The van der Waals surface area contributed by atoms with Crippen molar-refractivity contribution in [3.8, 4) is 0 Å². The topological polar surface area (TPSA) is 49.7 Å². The quantitative estimate of drug-likeness (QED) is 0.276.